The highest BCUT2D eigenvalue weighted by molar-refractivity contribution is 5.86. The van der Waals surface area contributed by atoms with Gasteiger partial charge < -0.3 is 25.4 Å². The Bertz CT molecular complexity index is 978. The molecule has 0 saturated carbocycles. The van der Waals surface area contributed by atoms with E-state index in [1.165, 1.54) is 0 Å². The fourth-order valence-electron chi connectivity index (χ4n) is 4.25. The van der Waals surface area contributed by atoms with Crippen LogP contribution in [0, 0.1) is 0 Å². The molecule has 0 bridgehead atoms. The number of hydrogen-bond donors (Lipinski definition) is 3. The highest BCUT2D eigenvalue weighted by atomic mass is 16.5. The lowest BCUT2D eigenvalue weighted by molar-refractivity contribution is -0.137. The zero-order valence-corrected chi connectivity index (χ0v) is 19.9. The minimum Gasteiger partial charge on any atom is -0.481 e. The van der Waals surface area contributed by atoms with Crippen molar-refractivity contribution in [2.24, 2.45) is 0 Å². The minimum atomic E-state index is -0.985. The Labute approximate surface area is 200 Å². The molecule has 2 amide bonds. The average Bonchev–Trinajstić information content (AvgIpc) is 3.13. The Morgan fingerprint density at radius 2 is 1.59 bits per heavy atom. The number of nitrogens with one attached hydrogen (secondary N) is 2. The predicted molar refractivity (Wildman–Crippen MR) is 130 cm³/mol. The summed E-state index contributed by atoms with van der Waals surface area (Å²) in [5.41, 5.74) is 4.49. The van der Waals surface area contributed by atoms with E-state index in [9.17, 15) is 14.4 Å². The number of fused-ring (bicyclic) bond motifs is 3. The number of aliphatic carboxylic acids is 1. The van der Waals surface area contributed by atoms with Crippen molar-refractivity contribution in [2.45, 2.75) is 44.2 Å². The molecule has 0 fully saturated rings. The van der Waals surface area contributed by atoms with E-state index in [0.717, 1.165) is 22.3 Å². The summed E-state index contributed by atoms with van der Waals surface area (Å²) >= 11 is 0. The third-order valence-corrected chi connectivity index (χ3v) is 6.08. The first kappa shape index (κ1) is 25.2. The molecule has 1 aliphatic carbocycles. The van der Waals surface area contributed by atoms with Gasteiger partial charge in [-0.1, -0.05) is 55.5 Å². The van der Waals surface area contributed by atoms with Gasteiger partial charge in [-0.3, -0.25) is 9.59 Å². The van der Waals surface area contributed by atoms with Gasteiger partial charge in [0.1, 0.15) is 12.6 Å². The van der Waals surface area contributed by atoms with Gasteiger partial charge in [0.25, 0.3) is 0 Å². The SMILES string of the molecule is CC[C@@H](CC(=O)O)NC(=O)C(CCN(C)C)NC(=O)OCC1c2ccccc2-c2ccccc21. The van der Waals surface area contributed by atoms with E-state index in [2.05, 4.69) is 22.8 Å². The number of carboxylic acid groups (broad SMARTS) is 1. The summed E-state index contributed by atoms with van der Waals surface area (Å²) in [5.74, 6) is -1.47. The van der Waals surface area contributed by atoms with Gasteiger partial charge in [0.2, 0.25) is 5.91 Å². The fourth-order valence-corrected chi connectivity index (χ4v) is 4.25. The Kier molecular flexibility index (Phi) is 8.65. The second-order valence-corrected chi connectivity index (χ2v) is 8.83. The molecule has 2 aromatic carbocycles. The van der Waals surface area contributed by atoms with Crippen LogP contribution in [0.25, 0.3) is 11.1 Å². The molecule has 182 valence electrons. The molecule has 0 spiro atoms. The van der Waals surface area contributed by atoms with Crippen molar-refractivity contribution in [1.82, 2.24) is 15.5 Å². The number of carbonyl (C=O) groups is 3. The maximum atomic E-state index is 12.8. The first-order valence-corrected chi connectivity index (χ1v) is 11.6. The number of benzene rings is 2. The van der Waals surface area contributed by atoms with E-state index in [1.807, 2.05) is 62.3 Å². The molecular formula is C26H33N3O5. The van der Waals surface area contributed by atoms with Crippen LogP contribution in [-0.4, -0.2) is 67.3 Å². The number of alkyl carbamates (subject to hydrolysis) is 1. The third kappa shape index (κ3) is 6.35. The van der Waals surface area contributed by atoms with E-state index in [-0.39, 0.29) is 18.9 Å². The highest BCUT2D eigenvalue weighted by Crippen LogP contribution is 2.44. The van der Waals surface area contributed by atoms with E-state index < -0.39 is 30.1 Å². The Balaban J connectivity index is 1.65. The third-order valence-electron chi connectivity index (χ3n) is 6.08. The molecule has 2 atom stereocenters. The monoisotopic (exact) mass is 467 g/mol. The maximum Gasteiger partial charge on any atom is 0.407 e. The van der Waals surface area contributed by atoms with Crippen LogP contribution in [0.4, 0.5) is 4.79 Å². The molecule has 0 radical (unpaired) electrons. The van der Waals surface area contributed by atoms with Gasteiger partial charge in [0.15, 0.2) is 0 Å². The van der Waals surface area contributed by atoms with Crippen LogP contribution in [0.15, 0.2) is 48.5 Å². The van der Waals surface area contributed by atoms with Crippen molar-refractivity contribution in [3.8, 4) is 11.1 Å². The molecule has 0 aromatic heterocycles. The lowest BCUT2D eigenvalue weighted by Gasteiger charge is -2.23. The first-order chi connectivity index (χ1) is 16.3. The molecule has 0 aliphatic heterocycles. The maximum absolute atomic E-state index is 12.8. The molecule has 34 heavy (non-hydrogen) atoms. The van der Waals surface area contributed by atoms with E-state index in [4.69, 9.17) is 9.84 Å². The highest BCUT2D eigenvalue weighted by Gasteiger charge is 2.30. The number of nitrogens with zero attached hydrogens (tertiary/aromatic N) is 1. The number of rotatable bonds is 11. The number of ether oxygens (including phenoxy) is 1. The molecular weight excluding hydrogens is 434 g/mol. The zero-order chi connectivity index (χ0) is 24.7. The summed E-state index contributed by atoms with van der Waals surface area (Å²) in [7, 11) is 3.75. The first-order valence-electron chi connectivity index (χ1n) is 11.6. The van der Waals surface area contributed by atoms with Gasteiger partial charge in [-0.25, -0.2) is 4.79 Å². The minimum absolute atomic E-state index is 0.0766. The Morgan fingerprint density at radius 1 is 1.00 bits per heavy atom. The standard InChI is InChI=1S/C26H33N3O5/c1-4-17(15-24(30)31)27-25(32)23(13-14-29(2)3)28-26(33)34-16-22-20-11-7-5-9-18(20)19-10-6-8-12-21(19)22/h5-12,17,22-23H,4,13-16H2,1-3H3,(H,27,32)(H,28,33)(H,30,31)/t17-,23?/m0/s1. The van der Waals surface area contributed by atoms with Crippen LogP contribution in [-0.2, 0) is 14.3 Å². The number of amides is 2. The number of hydrogen-bond acceptors (Lipinski definition) is 5. The van der Waals surface area contributed by atoms with Gasteiger partial charge >= 0.3 is 12.1 Å². The average molecular weight is 468 g/mol. The normalized spacial score (nSPS) is 14.1. The largest absolute Gasteiger partial charge is 0.481 e. The molecule has 8 nitrogen and oxygen atoms in total. The van der Waals surface area contributed by atoms with Gasteiger partial charge in [-0.2, -0.15) is 0 Å². The Morgan fingerprint density at radius 3 is 2.12 bits per heavy atom. The summed E-state index contributed by atoms with van der Waals surface area (Å²) in [4.78, 5) is 38.5. The lowest BCUT2D eigenvalue weighted by Crippen LogP contribution is -2.51. The second kappa shape index (κ2) is 11.7. The summed E-state index contributed by atoms with van der Waals surface area (Å²) in [6.07, 6.45) is -0.00388. The number of carboxylic acids is 1. The van der Waals surface area contributed by atoms with Crippen LogP contribution < -0.4 is 10.6 Å². The molecule has 0 heterocycles. The van der Waals surface area contributed by atoms with Crippen molar-refractivity contribution >= 4 is 18.0 Å². The number of carbonyl (C=O) groups excluding carboxylic acids is 2. The summed E-state index contributed by atoms with van der Waals surface area (Å²) in [5, 5.41) is 14.5. The molecule has 3 N–H and O–H groups in total. The smallest absolute Gasteiger partial charge is 0.407 e. The molecule has 1 unspecified atom stereocenters. The Hall–Kier alpha value is -3.39. The van der Waals surface area contributed by atoms with Crippen LogP contribution in [0.3, 0.4) is 0 Å². The van der Waals surface area contributed by atoms with Gasteiger partial charge in [-0.05, 0) is 55.7 Å². The molecule has 3 rings (SSSR count). The van der Waals surface area contributed by atoms with Crippen molar-refractivity contribution in [3.63, 3.8) is 0 Å². The van der Waals surface area contributed by atoms with E-state index >= 15 is 0 Å². The van der Waals surface area contributed by atoms with Crippen LogP contribution in [0.5, 0.6) is 0 Å². The summed E-state index contributed by atoms with van der Waals surface area (Å²) < 4.78 is 5.59. The lowest BCUT2D eigenvalue weighted by atomic mass is 9.98. The zero-order valence-electron chi connectivity index (χ0n) is 19.9. The second-order valence-electron chi connectivity index (χ2n) is 8.83. The van der Waals surface area contributed by atoms with Gasteiger partial charge in [-0.15, -0.1) is 0 Å². The summed E-state index contributed by atoms with van der Waals surface area (Å²) in [6, 6.07) is 14.8. The van der Waals surface area contributed by atoms with Crippen molar-refractivity contribution in [3.05, 3.63) is 59.7 Å². The van der Waals surface area contributed by atoms with Crippen molar-refractivity contribution < 1.29 is 24.2 Å². The van der Waals surface area contributed by atoms with Crippen LogP contribution in [0.2, 0.25) is 0 Å². The quantitative estimate of drug-likeness (QED) is 0.468. The van der Waals surface area contributed by atoms with Crippen LogP contribution in [0.1, 0.15) is 43.2 Å². The molecule has 1 aliphatic rings. The van der Waals surface area contributed by atoms with Crippen molar-refractivity contribution in [2.75, 3.05) is 27.2 Å². The summed E-state index contributed by atoms with van der Waals surface area (Å²) in [6.45, 7) is 2.53. The van der Waals surface area contributed by atoms with E-state index in [1.54, 1.807) is 0 Å². The molecule has 8 heteroatoms. The molecule has 0 saturated heterocycles. The fraction of sp³-hybridized carbons (Fsp3) is 0.423. The predicted octanol–water partition coefficient (Wildman–Crippen LogP) is 3.21. The van der Waals surface area contributed by atoms with Gasteiger partial charge in [0.05, 0.1) is 6.42 Å². The van der Waals surface area contributed by atoms with E-state index in [0.29, 0.717) is 19.4 Å². The van der Waals surface area contributed by atoms with Gasteiger partial charge in [0, 0.05) is 12.0 Å². The van der Waals surface area contributed by atoms with Crippen molar-refractivity contribution in [1.29, 1.82) is 0 Å². The molecule has 2 aromatic rings. The van der Waals surface area contributed by atoms with Crippen LogP contribution >= 0.6 is 0 Å². The topological polar surface area (TPSA) is 108 Å².